The number of nitrogens with one attached hydrogen (secondary N) is 2. The van der Waals surface area contributed by atoms with Gasteiger partial charge in [-0.1, -0.05) is 6.07 Å². The summed E-state index contributed by atoms with van der Waals surface area (Å²) in [5.41, 5.74) is 3.35. The highest BCUT2D eigenvalue weighted by Gasteiger charge is 2.22. The van der Waals surface area contributed by atoms with E-state index in [1.54, 1.807) is 0 Å². The molecule has 1 aromatic heterocycles. The van der Waals surface area contributed by atoms with Crippen LogP contribution in [0.5, 0.6) is 0 Å². The first kappa shape index (κ1) is 14.8. The van der Waals surface area contributed by atoms with Crippen LogP contribution in [-0.4, -0.2) is 24.0 Å². The first-order chi connectivity index (χ1) is 10.6. The number of benzene rings is 1. The van der Waals surface area contributed by atoms with E-state index in [1.807, 2.05) is 26.0 Å². The third-order valence-electron chi connectivity index (χ3n) is 3.88. The zero-order valence-corrected chi connectivity index (χ0v) is 13.0. The van der Waals surface area contributed by atoms with Crippen molar-refractivity contribution < 1.29 is 9.21 Å². The van der Waals surface area contributed by atoms with Crippen LogP contribution >= 0.6 is 0 Å². The molecule has 2 heterocycles. The van der Waals surface area contributed by atoms with Crippen molar-refractivity contribution in [2.45, 2.75) is 32.6 Å². The van der Waals surface area contributed by atoms with Crippen LogP contribution in [0.4, 0.5) is 5.69 Å². The van der Waals surface area contributed by atoms with Gasteiger partial charge in [0.1, 0.15) is 6.26 Å². The summed E-state index contributed by atoms with van der Waals surface area (Å²) in [4.78, 5) is 16.6. The summed E-state index contributed by atoms with van der Waals surface area (Å²) in [7, 11) is 0. The van der Waals surface area contributed by atoms with E-state index in [0.29, 0.717) is 11.6 Å². The molecule has 22 heavy (non-hydrogen) atoms. The van der Waals surface area contributed by atoms with Crippen molar-refractivity contribution in [2.24, 2.45) is 0 Å². The summed E-state index contributed by atoms with van der Waals surface area (Å²) in [5, 5.41) is 6.20. The Hall–Kier alpha value is -2.14. The summed E-state index contributed by atoms with van der Waals surface area (Å²) in [6.45, 7) is 5.91. The van der Waals surface area contributed by atoms with Crippen LogP contribution in [0.3, 0.4) is 0 Å². The first-order valence-corrected chi connectivity index (χ1v) is 7.67. The number of aryl methyl sites for hydroxylation is 2. The predicted octanol–water partition coefficient (Wildman–Crippen LogP) is 3.01. The quantitative estimate of drug-likeness (QED) is 0.914. The number of piperidine rings is 1. The van der Waals surface area contributed by atoms with Crippen LogP contribution in [0.25, 0.3) is 0 Å². The van der Waals surface area contributed by atoms with Crippen molar-refractivity contribution in [1.29, 1.82) is 0 Å². The van der Waals surface area contributed by atoms with Crippen molar-refractivity contribution >= 4 is 11.6 Å². The lowest BCUT2D eigenvalue weighted by atomic mass is 10.00. The Morgan fingerprint density at radius 2 is 2.09 bits per heavy atom. The van der Waals surface area contributed by atoms with Crippen molar-refractivity contribution in [1.82, 2.24) is 10.3 Å². The van der Waals surface area contributed by atoms with Gasteiger partial charge in [0, 0.05) is 18.2 Å². The zero-order valence-electron chi connectivity index (χ0n) is 13.0. The molecule has 1 saturated heterocycles. The number of hydrogen-bond donors (Lipinski definition) is 2. The van der Waals surface area contributed by atoms with Crippen LogP contribution in [0.15, 0.2) is 28.9 Å². The lowest BCUT2D eigenvalue weighted by molar-refractivity contribution is 0.102. The minimum absolute atomic E-state index is 0.233. The number of amides is 1. The highest BCUT2D eigenvalue weighted by Crippen LogP contribution is 2.23. The van der Waals surface area contributed by atoms with Gasteiger partial charge in [0.25, 0.3) is 5.91 Å². The Morgan fingerprint density at radius 3 is 2.77 bits per heavy atom. The van der Waals surface area contributed by atoms with E-state index in [1.165, 1.54) is 6.26 Å². The van der Waals surface area contributed by atoms with E-state index in [0.717, 1.165) is 42.7 Å². The van der Waals surface area contributed by atoms with E-state index < -0.39 is 0 Å². The van der Waals surface area contributed by atoms with E-state index in [9.17, 15) is 4.79 Å². The minimum Gasteiger partial charge on any atom is -0.448 e. The molecule has 1 fully saturated rings. The Bertz CT molecular complexity index is 652. The maximum atomic E-state index is 12.3. The van der Waals surface area contributed by atoms with Gasteiger partial charge < -0.3 is 15.1 Å². The van der Waals surface area contributed by atoms with Gasteiger partial charge in [0.05, 0.1) is 0 Å². The molecule has 1 aliphatic heterocycles. The van der Waals surface area contributed by atoms with E-state index >= 15 is 0 Å². The fourth-order valence-electron chi connectivity index (χ4n) is 2.88. The summed E-state index contributed by atoms with van der Waals surface area (Å²) < 4.78 is 5.50. The number of hydrogen-bond acceptors (Lipinski definition) is 4. The van der Waals surface area contributed by atoms with E-state index in [-0.39, 0.29) is 11.8 Å². The Labute approximate surface area is 130 Å². The van der Waals surface area contributed by atoms with Crippen molar-refractivity contribution in [3.8, 4) is 0 Å². The molecule has 2 aromatic rings. The number of aromatic nitrogens is 1. The highest BCUT2D eigenvalue weighted by atomic mass is 16.3. The Kier molecular flexibility index (Phi) is 4.24. The molecular weight excluding hydrogens is 278 g/mol. The molecule has 1 amide bonds. The largest absolute Gasteiger partial charge is 0.448 e. The number of anilines is 1. The van der Waals surface area contributed by atoms with Crippen LogP contribution in [0.1, 0.15) is 46.3 Å². The molecule has 0 aliphatic carbocycles. The number of oxazole rings is 1. The van der Waals surface area contributed by atoms with Crippen LogP contribution < -0.4 is 10.6 Å². The molecule has 3 rings (SSSR count). The van der Waals surface area contributed by atoms with Crippen LogP contribution in [0, 0.1) is 13.8 Å². The number of carbonyl (C=O) groups is 1. The predicted molar refractivity (Wildman–Crippen MR) is 85.2 cm³/mol. The molecule has 0 saturated carbocycles. The van der Waals surface area contributed by atoms with Crippen molar-refractivity contribution in [3.05, 3.63) is 47.2 Å². The van der Waals surface area contributed by atoms with Crippen LogP contribution in [0.2, 0.25) is 0 Å². The maximum Gasteiger partial charge on any atom is 0.277 e. The molecule has 1 atom stereocenters. The van der Waals surface area contributed by atoms with E-state index in [2.05, 4.69) is 21.7 Å². The number of rotatable bonds is 3. The van der Waals surface area contributed by atoms with Crippen molar-refractivity contribution in [3.63, 3.8) is 0 Å². The molecule has 1 aliphatic rings. The smallest absolute Gasteiger partial charge is 0.277 e. The van der Waals surface area contributed by atoms with Gasteiger partial charge in [0.2, 0.25) is 0 Å². The molecule has 2 N–H and O–H groups in total. The maximum absolute atomic E-state index is 12.3. The van der Waals surface area contributed by atoms with E-state index in [4.69, 9.17) is 4.42 Å². The molecular formula is C17H21N3O2. The lowest BCUT2D eigenvalue weighted by Crippen LogP contribution is -2.28. The fourth-order valence-corrected chi connectivity index (χ4v) is 2.88. The third kappa shape index (κ3) is 3.36. The first-order valence-electron chi connectivity index (χ1n) is 7.67. The van der Waals surface area contributed by atoms with Gasteiger partial charge in [-0.15, -0.1) is 0 Å². The molecule has 0 bridgehead atoms. The molecule has 1 unspecified atom stereocenters. The fraction of sp³-hybridized carbons (Fsp3) is 0.412. The number of nitrogens with zero attached hydrogens (tertiary/aromatic N) is 1. The molecule has 5 heteroatoms. The minimum atomic E-state index is -0.233. The van der Waals surface area contributed by atoms with Gasteiger partial charge in [-0.2, -0.15) is 0 Å². The average Bonchev–Trinajstić information content (AvgIpc) is 2.97. The van der Waals surface area contributed by atoms with Gasteiger partial charge in [-0.25, -0.2) is 4.98 Å². The third-order valence-corrected chi connectivity index (χ3v) is 3.88. The second-order valence-corrected chi connectivity index (χ2v) is 5.94. The van der Waals surface area contributed by atoms with Crippen molar-refractivity contribution in [2.75, 3.05) is 18.4 Å². The Balaban J connectivity index is 1.71. The summed E-state index contributed by atoms with van der Waals surface area (Å²) >= 11 is 0. The van der Waals surface area contributed by atoms with Gasteiger partial charge >= 0.3 is 0 Å². The topological polar surface area (TPSA) is 67.2 Å². The zero-order chi connectivity index (χ0) is 15.5. The SMILES string of the molecule is Cc1cc(C)cc(NC(=O)c2coc(C3CCCNC3)n2)c1. The van der Waals surface area contributed by atoms with Gasteiger partial charge in [0.15, 0.2) is 11.6 Å². The molecule has 0 radical (unpaired) electrons. The molecule has 0 spiro atoms. The van der Waals surface area contributed by atoms with Gasteiger partial charge in [-0.3, -0.25) is 4.79 Å². The van der Waals surface area contributed by atoms with Crippen LogP contribution in [-0.2, 0) is 0 Å². The summed E-state index contributed by atoms with van der Waals surface area (Å²) in [6.07, 6.45) is 3.60. The molecule has 116 valence electrons. The monoisotopic (exact) mass is 299 g/mol. The summed E-state index contributed by atoms with van der Waals surface area (Å²) in [5.74, 6) is 0.679. The Morgan fingerprint density at radius 1 is 1.32 bits per heavy atom. The normalized spacial score (nSPS) is 18.2. The lowest BCUT2D eigenvalue weighted by Gasteiger charge is -2.19. The average molecular weight is 299 g/mol. The van der Waals surface area contributed by atoms with Gasteiger partial charge in [-0.05, 0) is 56.5 Å². The second kappa shape index (κ2) is 6.32. The standard InChI is InChI=1S/C17H21N3O2/c1-11-6-12(2)8-14(7-11)19-16(21)15-10-22-17(20-15)13-4-3-5-18-9-13/h6-8,10,13,18H,3-5,9H2,1-2H3,(H,19,21). The molecule has 5 nitrogen and oxygen atoms in total. The second-order valence-electron chi connectivity index (χ2n) is 5.94. The number of carbonyl (C=O) groups excluding carboxylic acids is 1. The highest BCUT2D eigenvalue weighted by molar-refractivity contribution is 6.02. The molecule has 1 aromatic carbocycles. The summed E-state index contributed by atoms with van der Waals surface area (Å²) in [6, 6.07) is 5.95.